The van der Waals surface area contributed by atoms with Gasteiger partial charge in [-0.25, -0.2) is 0 Å². The number of nitrogens with zero attached hydrogens (tertiary/aromatic N) is 1. The van der Waals surface area contributed by atoms with Crippen LogP contribution < -0.4 is 5.32 Å². The topological polar surface area (TPSA) is 97.3 Å². The number of carboxylic acid groups (broad SMARTS) is 1. The van der Waals surface area contributed by atoms with Crippen LogP contribution in [0, 0.1) is 0 Å². The molecule has 0 atom stereocenters. The number of aliphatic carboxylic acids is 1. The minimum Gasteiger partial charge on any atom is -0.480 e. The van der Waals surface area contributed by atoms with Crippen LogP contribution in [0.5, 0.6) is 0 Å². The van der Waals surface area contributed by atoms with Crippen LogP contribution in [0.3, 0.4) is 0 Å². The van der Waals surface area contributed by atoms with Crippen molar-refractivity contribution < 1.29 is 28.9 Å². The summed E-state index contributed by atoms with van der Waals surface area (Å²) in [4.78, 5) is 23.5. The lowest BCUT2D eigenvalue weighted by molar-refractivity contribution is -0.142. The Kier molecular flexibility index (Phi) is 12.2. The lowest BCUT2D eigenvalue weighted by Crippen LogP contribution is -2.42. The van der Waals surface area contributed by atoms with E-state index in [0.717, 1.165) is 58.7 Å². The fraction of sp³-hybridized carbons (Fsp3) is 0.889. The first kappa shape index (κ1) is 22.8. The molecule has 2 heterocycles. The number of carbonyl (C=O) groups excluding carboxylic acids is 1. The Labute approximate surface area is 156 Å². The summed E-state index contributed by atoms with van der Waals surface area (Å²) in [5, 5.41) is 11.8. The third-order valence-corrected chi connectivity index (χ3v) is 4.51. The molecule has 8 nitrogen and oxygen atoms in total. The summed E-state index contributed by atoms with van der Waals surface area (Å²) in [5.41, 5.74) is 0. The fourth-order valence-electron chi connectivity index (χ4n) is 3.06. The molecule has 0 amide bonds. The van der Waals surface area contributed by atoms with Crippen LogP contribution in [0.25, 0.3) is 0 Å². The second kappa shape index (κ2) is 13.9. The average Bonchev–Trinajstić information content (AvgIpc) is 2.66. The predicted octanol–water partition coefficient (Wildman–Crippen LogP) is 0.890. The maximum atomic E-state index is 11.0. The third kappa shape index (κ3) is 10.1. The monoisotopic (exact) mass is 374 g/mol. The molecule has 0 radical (unpaired) electrons. The molecule has 2 N–H and O–H groups in total. The Hall–Kier alpha value is -1.22. The first-order valence-electron chi connectivity index (χ1n) is 9.57. The molecule has 0 unspecified atom stereocenters. The van der Waals surface area contributed by atoms with Gasteiger partial charge in [0.2, 0.25) is 0 Å². The van der Waals surface area contributed by atoms with Crippen LogP contribution in [0.1, 0.15) is 39.5 Å². The molecule has 2 aliphatic heterocycles. The molecule has 0 spiro atoms. The van der Waals surface area contributed by atoms with Crippen molar-refractivity contribution in [1.82, 2.24) is 10.2 Å². The molecular formula is C18H34N2O6. The molecule has 0 aromatic heterocycles. The highest BCUT2D eigenvalue weighted by molar-refractivity contribution is 5.71. The van der Waals surface area contributed by atoms with Crippen molar-refractivity contribution in [3.63, 3.8) is 0 Å². The van der Waals surface area contributed by atoms with Gasteiger partial charge in [-0.15, -0.1) is 0 Å². The lowest BCUT2D eigenvalue weighted by Gasteiger charge is -2.32. The molecule has 0 aliphatic carbocycles. The highest BCUT2D eigenvalue weighted by Crippen LogP contribution is 2.13. The molecule has 2 fully saturated rings. The van der Waals surface area contributed by atoms with Crippen molar-refractivity contribution in [2.24, 2.45) is 0 Å². The van der Waals surface area contributed by atoms with Gasteiger partial charge >= 0.3 is 11.9 Å². The Bertz CT molecular complexity index is 395. The largest absolute Gasteiger partial charge is 0.480 e. The molecule has 2 saturated heterocycles. The van der Waals surface area contributed by atoms with E-state index in [0.29, 0.717) is 25.2 Å². The van der Waals surface area contributed by atoms with Crippen LogP contribution in [0.2, 0.25) is 0 Å². The summed E-state index contributed by atoms with van der Waals surface area (Å²) in [6, 6.07) is 0.813. The molecule has 2 rings (SSSR count). The van der Waals surface area contributed by atoms with E-state index < -0.39 is 5.97 Å². The van der Waals surface area contributed by atoms with E-state index in [4.69, 9.17) is 19.3 Å². The average molecular weight is 374 g/mol. The Balaban J connectivity index is 0.000000260. The summed E-state index contributed by atoms with van der Waals surface area (Å²) in [7, 11) is 0. The van der Waals surface area contributed by atoms with E-state index in [1.165, 1.54) is 0 Å². The molecule has 2 aliphatic rings. The molecule has 0 aromatic rings. The summed E-state index contributed by atoms with van der Waals surface area (Å²) < 4.78 is 15.2. The van der Waals surface area contributed by atoms with Crippen molar-refractivity contribution in [3.8, 4) is 0 Å². The number of carboxylic acids is 1. The third-order valence-electron chi connectivity index (χ3n) is 4.51. The van der Waals surface area contributed by atoms with Crippen LogP contribution in [-0.4, -0.2) is 86.7 Å². The van der Waals surface area contributed by atoms with Crippen molar-refractivity contribution in [1.29, 1.82) is 0 Å². The molecule has 152 valence electrons. The van der Waals surface area contributed by atoms with Gasteiger partial charge < -0.3 is 24.6 Å². The maximum absolute atomic E-state index is 11.0. The number of ether oxygens (including phenoxy) is 3. The van der Waals surface area contributed by atoms with Crippen molar-refractivity contribution >= 4 is 11.9 Å². The van der Waals surface area contributed by atoms with Gasteiger partial charge in [-0.1, -0.05) is 6.92 Å². The van der Waals surface area contributed by atoms with Crippen molar-refractivity contribution in [2.45, 2.75) is 51.6 Å². The second-order valence-electron chi connectivity index (χ2n) is 6.37. The predicted molar refractivity (Wildman–Crippen MR) is 97.2 cm³/mol. The van der Waals surface area contributed by atoms with Crippen LogP contribution >= 0.6 is 0 Å². The summed E-state index contributed by atoms with van der Waals surface area (Å²) >= 11 is 0. The van der Waals surface area contributed by atoms with Gasteiger partial charge in [-0.3, -0.25) is 14.5 Å². The summed E-state index contributed by atoms with van der Waals surface area (Å²) in [5.74, 6) is -0.915. The minimum absolute atomic E-state index is 0.154. The highest BCUT2D eigenvalue weighted by Gasteiger charge is 2.21. The van der Waals surface area contributed by atoms with Crippen molar-refractivity contribution in [3.05, 3.63) is 0 Å². The fourth-order valence-corrected chi connectivity index (χ4v) is 3.06. The molecule has 8 heteroatoms. The number of likely N-dealkylation sites (N-methyl/N-ethyl adjacent to an activating group) is 1. The number of nitrogens with one attached hydrogen (secondary N) is 1. The van der Waals surface area contributed by atoms with Crippen molar-refractivity contribution in [2.75, 3.05) is 52.7 Å². The molecule has 0 aromatic carbocycles. The zero-order valence-electron chi connectivity index (χ0n) is 16.1. The Morgan fingerprint density at radius 1 is 1.08 bits per heavy atom. The smallest absolute Gasteiger partial charge is 0.319 e. The van der Waals surface area contributed by atoms with Crippen LogP contribution in [0.15, 0.2) is 0 Å². The summed E-state index contributed by atoms with van der Waals surface area (Å²) in [6.45, 7) is 8.65. The number of esters is 1. The van der Waals surface area contributed by atoms with Crippen LogP contribution in [-0.2, 0) is 23.8 Å². The zero-order valence-corrected chi connectivity index (χ0v) is 16.1. The van der Waals surface area contributed by atoms with Gasteiger partial charge in [0.1, 0.15) is 0 Å². The van der Waals surface area contributed by atoms with Gasteiger partial charge in [0.25, 0.3) is 0 Å². The standard InChI is InChI=1S/2C9H17NO3/c1-2-13-9(11)7-10-8-3-5-12-6-4-8;1-2-10(7-9(11)12)8-3-5-13-6-4-8/h8,10H,2-7H2,1H3;8H,2-7H2,1H3,(H,11,12). The van der Waals surface area contributed by atoms with E-state index in [-0.39, 0.29) is 12.5 Å². The van der Waals surface area contributed by atoms with E-state index in [2.05, 4.69) is 5.32 Å². The second-order valence-corrected chi connectivity index (χ2v) is 6.37. The van der Waals surface area contributed by atoms with Crippen LogP contribution in [0.4, 0.5) is 0 Å². The first-order chi connectivity index (χ1) is 12.6. The number of hydrogen-bond acceptors (Lipinski definition) is 7. The lowest BCUT2D eigenvalue weighted by atomic mass is 10.1. The van der Waals surface area contributed by atoms with E-state index in [1.54, 1.807) is 0 Å². The zero-order chi connectivity index (χ0) is 19.2. The van der Waals surface area contributed by atoms with Gasteiger partial charge in [0, 0.05) is 38.5 Å². The van der Waals surface area contributed by atoms with Gasteiger partial charge in [-0.05, 0) is 39.2 Å². The number of rotatable bonds is 8. The van der Waals surface area contributed by atoms with Gasteiger partial charge in [0.15, 0.2) is 0 Å². The molecule has 0 saturated carbocycles. The number of hydrogen-bond donors (Lipinski definition) is 2. The minimum atomic E-state index is -0.742. The molecule has 26 heavy (non-hydrogen) atoms. The Morgan fingerprint density at radius 3 is 2.15 bits per heavy atom. The maximum Gasteiger partial charge on any atom is 0.319 e. The number of carbonyl (C=O) groups is 2. The van der Waals surface area contributed by atoms with Gasteiger partial charge in [0.05, 0.1) is 19.7 Å². The normalized spacial score (nSPS) is 18.9. The van der Waals surface area contributed by atoms with E-state index >= 15 is 0 Å². The van der Waals surface area contributed by atoms with E-state index in [1.807, 2.05) is 18.7 Å². The quantitative estimate of drug-likeness (QED) is 0.605. The SMILES string of the molecule is CCN(CC(=O)O)C1CCOCC1.CCOC(=O)CNC1CCOCC1. The first-order valence-corrected chi connectivity index (χ1v) is 9.57. The summed E-state index contributed by atoms with van der Waals surface area (Å²) in [6.07, 6.45) is 3.89. The van der Waals surface area contributed by atoms with Gasteiger partial charge in [-0.2, -0.15) is 0 Å². The Morgan fingerprint density at radius 2 is 1.65 bits per heavy atom. The van der Waals surface area contributed by atoms with E-state index in [9.17, 15) is 9.59 Å². The molecule has 0 bridgehead atoms. The highest BCUT2D eigenvalue weighted by atomic mass is 16.5. The molecular weight excluding hydrogens is 340 g/mol.